The van der Waals surface area contributed by atoms with Crippen molar-refractivity contribution in [3.63, 3.8) is 0 Å². The van der Waals surface area contributed by atoms with Gasteiger partial charge in [-0.1, -0.05) is 6.07 Å². The molecule has 4 unspecified atom stereocenters. The summed E-state index contributed by atoms with van der Waals surface area (Å²) in [5.74, 6) is -1.37. The van der Waals surface area contributed by atoms with Gasteiger partial charge in [0.25, 0.3) is 0 Å². The van der Waals surface area contributed by atoms with E-state index >= 15 is 0 Å². The fourth-order valence-electron chi connectivity index (χ4n) is 3.77. The number of benzene rings is 1. The lowest BCUT2D eigenvalue weighted by Gasteiger charge is -2.23. The third-order valence-electron chi connectivity index (χ3n) is 5.08. The molecule has 1 aromatic carbocycles. The van der Waals surface area contributed by atoms with Crippen LogP contribution in [0.1, 0.15) is 27.0 Å². The number of esters is 3. The first-order valence-electron chi connectivity index (χ1n) is 10.6. The number of hydrogen-bond acceptors (Lipinski definition) is 12. The Balaban J connectivity index is 1.71. The van der Waals surface area contributed by atoms with Crippen LogP contribution in [0.5, 0.6) is 5.75 Å². The van der Waals surface area contributed by atoms with Crippen LogP contribution >= 0.6 is 0 Å². The highest BCUT2D eigenvalue weighted by molar-refractivity contribution is 5.85. The van der Waals surface area contributed by atoms with Gasteiger partial charge in [0.1, 0.15) is 24.8 Å². The molecular formula is C22H23N5O8. The lowest BCUT2D eigenvalue weighted by molar-refractivity contribution is -0.166. The molecule has 3 heterocycles. The summed E-state index contributed by atoms with van der Waals surface area (Å²) in [4.78, 5) is 47.9. The predicted octanol–water partition coefficient (Wildman–Crippen LogP) is 1.60. The molecule has 4 rings (SSSR count). The predicted molar refractivity (Wildman–Crippen MR) is 118 cm³/mol. The topological polar surface area (TPSA) is 164 Å². The molecule has 2 N–H and O–H groups in total. The Morgan fingerprint density at radius 1 is 1.06 bits per heavy atom. The third kappa shape index (κ3) is 5.30. The molecule has 1 aliphatic heterocycles. The number of nitrogens with one attached hydrogen (secondary N) is 1. The lowest BCUT2D eigenvalue weighted by atomic mass is 10.1. The first-order valence-corrected chi connectivity index (χ1v) is 10.6. The highest BCUT2D eigenvalue weighted by Gasteiger charge is 2.51. The van der Waals surface area contributed by atoms with Crippen molar-refractivity contribution in [1.29, 1.82) is 0 Å². The molecule has 13 heteroatoms. The van der Waals surface area contributed by atoms with Gasteiger partial charge in [-0.25, -0.2) is 15.0 Å². The zero-order valence-corrected chi connectivity index (χ0v) is 19.1. The number of phenols is 1. The fraction of sp³-hybridized carbons (Fsp3) is 0.364. The highest BCUT2D eigenvalue weighted by Crippen LogP contribution is 2.36. The van der Waals surface area contributed by atoms with Gasteiger partial charge in [-0.15, -0.1) is 0 Å². The number of hydrogen-bond donors (Lipinski definition) is 2. The zero-order chi connectivity index (χ0) is 25.1. The van der Waals surface area contributed by atoms with Gasteiger partial charge in [0, 0.05) is 32.5 Å². The first-order chi connectivity index (χ1) is 16.7. The fourth-order valence-corrected chi connectivity index (χ4v) is 3.77. The molecule has 1 aliphatic rings. The van der Waals surface area contributed by atoms with Gasteiger partial charge in [0.15, 0.2) is 35.4 Å². The number of aromatic hydroxyl groups is 1. The molecule has 0 amide bonds. The standard InChI is InChI=1S/C22H23N5O8/c1-11(28)32-8-16-18(33-12(2)29)19(34-13(3)30)22(35-16)27-10-25-17-20(23-9-24-21(17)27)26-14-5-4-6-15(31)7-14/h4-7,9-10,16,18-19,22,31H,8H2,1-3H3,(H,23,24,26). The van der Waals surface area contributed by atoms with E-state index in [0.717, 1.165) is 0 Å². The second kappa shape index (κ2) is 9.93. The number of carbonyl (C=O) groups excluding carboxylic acids is 3. The Morgan fingerprint density at radius 3 is 2.49 bits per heavy atom. The van der Waals surface area contributed by atoms with E-state index in [2.05, 4.69) is 20.3 Å². The Kier molecular flexibility index (Phi) is 6.78. The van der Waals surface area contributed by atoms with Gasteiger partial charge in [0.2, 0.25) is 0 Å². The number of ether oxygens (including phenoxy) is 4. The molecule has 0 spiro atoms. The van der Waals surface area contributed by atoms with E-state index in [1.165, 1.54) is 50.1 Å². The van der Waals surface area contributed by atoms with Gasteiger partial charge >= 0.3 is 17.9 Å². The second-order valence-corrected chi connectivity index (χ2v) is 7.74. The van der Waals surface area contributed by atoms with Crippen LogP contribution in [0, 0.1) is 0 Å². The van der Waals surface area contributed by atoms with Crippen molar-refractivity contribution in [2.75, 3.05) is 11.9 Å². The number of anilines is 2. The Morgan fingerprint density at radius 2 is 1.80 bits per heavy atom. The number of fused-ring (bicyclic) bond motifs is 1. The van der Waals surface area contributed by atoms with Crippen LogP contribution in [0.3, 0.4) is 0 Å². The second-order valence-electron chi connectivity index (χ2n) is 7.74. The quantitative estimate of drug-likeness (QED) is 0.367. The molecule has 1 saturated heterocycles. The summed E-state index contributed by atoms with van der Waals surface area (Å²) in [5, 5.41) is 12.8. The smallest absolute Gasteiger partial charge is 0.303 e. The van der Waals surface area contributed by atoms with Crippen molar-refractivity contribution in [3.8, 4) is 5.75 Å². The number of nitrogens with zero attached hydrogens (tertiary/aromatic N) is 4. The molecule has 0 bridgehead atoms. The van der Waals surface area contributed by atoms with Crippen LogP contribution in [-0.4, -0.2) is 67.5 Å². The van der Waals surface area contributed by atoms with Crippen LogP contribution in [0.4, 0.5) is 11.5 Å². The Bertz CT molecular complexity index is 1260. The maximum absolute atomic E-state index is 11.9. The van der Waals surface area contributed by atoms with E-state index < -0.39 is 42.4 Å². The summed E-state index contributed by atoms with van der Waals surface area (Å²) in [5.41, 5.74) is 1.28. The van der Waals surface area contributed by atoms with Crippen molar-refractivity contribution < 1.29 is 38.4 Å². The number of phenolic OH excluding ortho intramolecular Hbond substituents is 1. The molecule has 0 saturated carbocycles. The SMILES string of the molecule is CC(=O)OCC1OC(n2cnc3c(Nc4cccc(O)c4)ncnc32)C(OC(C)=O)C1OC(C)=O. The summed E-state index contributed by atoms with van der Waals surface area (Å²) < 4.78 is 23.5. The van der Waals surface area contributed by atoms with Gasteiger partial charge in [0.05, 0.1) is 6.33 Å². The minimum atomic E-state index is -1.08. The number of aromatic nitrogens is 4. The Hall–Kier alpha value is -4.26. The molecule has 0 aliphatic carbocycles. The van der Waals surface area contributed by atoms with Crippen molar-refractivity contribution in [1.82, 2.24) is 19.5 Å². The average Bonchev–Trinajstić information content (AvgIpc) is 3.34. The Labute approximate surface area is 199 Å². The van der Waals surface area contributed by atoms with Gasteiger partial charge in [-0.3, -0.25) is 19.0 Å². The van der Waals surface area contributed by atoms with Crippen LogP contribution in [0.15, 0.2) is 36.9 Å². The maximum Gasteiger partial charge on any atom is 0.303 e. The molecular weight excluding hydrogens is 462 g/mol. The van der Waals surface area contributed by atoms with Crippen LogP contribution in [-0.2, 0) is 33.3 Å². The molecule has 2 aromatic heterocycles. The zero-order valence-electron chi connectivity index (χ0n) is 19.1. The maximum atomic E-state index is 11.9. The van der Waals surface area contributed by atoms with Crippen molar-refractivity contribution in [2.45, 2.75) is 45.3 Å². The summed E-state index contributed by atoms with van der Waals surface area (Å²) in [6, 6.07) is 6.47. The van der Waals surface area contributed by atoms with Crippen LogP contribution < -0.4 is 5.32 Å². The van der Waals surface area contributed by atoms with Crippen molar-refractivity contribution in [3.05, 3.63) is 36.9 Å². The summed E-state index contributed by atoms with van der Waals surface area (Å²) >= 11 is 0. The normalized spacial score (nSPS) is 21.5. The van der Waals surface area contributed by atoms with Gasteiger partial charge < -0.3 is 29.4 Å². The minimum Gasteiger partial charge on any atom is -0.508 e. The largest absolute Gasteiger partial charge is 0.508 e. The van der Waals surface area contributed by atoms with Gasteiger partial charge in [-0.05, 0) is 12.1 Å². The van der Waals surface area contributed by atoms with Crippen LogP contribution in [0.2, 0.25) is 0 Å². The molecule has 3 aromatic rings. The molecule has 35 heavy (non-hydrogen) atoms. The minimum absolute atomic E-state index is 0.0738. The molecule has 184 valence electrons. The van der Waals surface area contributed by atoms with E-state index in [1.807, 2.05) is 0 Å². The molecule has 1 fully saturated rings. The summed E-state index contributed by atoms with van der Waals surface area (Å²) in [7, 11) is 0. The molecule has 13 nitrogen and oxygen atoms in total. The third-order valence-corrected chi connectivity index (χ3v) is 5.08. The monoisotopic (exact) mass is 485 g/mol. The summed E-state index contributed by atoms with van der Waals surface area (Å²) in [6.07, 6.45) is -1.32. The molecule has 0 radical (unpaired) electrons. The van der Waals surface area contributed by atoms with Crippen molar-refractivity contribution in [2.24, 2.45) is 0 Å². The number of imidazole rings is 1. The lowest BCUT2D eigenvalue weighted by Crippen LogP contribution is -2.40. The van der Waals surface area contributed by atoms with Gasteiger partial charge in [-0.2, -0.15) is 0 Å². The summed E-state index contributed by atoms with van der Waals surface area (Å²) in [6.45, 7) is 3.43. The number of rotatable bonds is 7. The highest BCUT2D eigenvalue weighted by atomic mass is 16.7. The molecule has 4 atom stereocenters. The van der Waals surface area contributed by atoms with Crippen LogP contribution in [0.25, 0.3) is 11.2 Å². The van der Waals surface area contributed by atoms with E-state index in [1.54, 1.807) is 12.1 Å². The van der Waals surface area contributed by atoms with E-state index in [0.29, 0.717) is 22.7 Å². The van der Waals surface area contributed by atoms with Crippen molar-refractivity contribution >= 4 is 40.6 Å². The van der Waals surface area contributed by atoms with E-state index in [9.17, 15) is 19.5 Å². The van der Waals surface area contributed by atoms with E-state index in [-0.39, 0.29) is 12.4 Å². The van der Waals surface area contributed by atoms with E-state index in [4.69, 9.17) is 18.9 Å². The first kappa shape index (κ1) is 23.9. The average molecular weight is 485 g/mol. The number of carbonyl (C=O) groups is 3.